The summed E-state index contributed by atoms with van der Waals surface area (Å²) in [6.45, 7) is 2.01. The molecule has 0 aliphatic heterocycles. The van der Waals surface area contributed by atoms with Gasteiger partial charge in [-0.05, 0) is 34.5 Å². The molecule has 0 bridgehead atoms. The Balaban J connectivity index is 2.43. The summed E-state index contributed by atoms with van der Waals surface area (Å²) in [5.41, 5.74) is 2.49. The number of carbonyl (C=O) groups is 1. The van der Waals surface area contributed by atoms with E-state index in [0.717, 1.165) is 17.8 Å². The fourth-order valence-corrected chi connectivity index (χ4v) is 2.43. The maximum absolute atomic E-state index is 11.3. The lowest BCUT2D eigenvalue weighted by molar-refractivity contribution is 0.0697. The lowest BCUT2D eigenvalue weighted by Gasteiger charge is -2.10. The second kappa shape index (κ2) is 5.44. The smallest absolute Gasteiger partial charge is 0.338 e. The van der Waals surface area contributed by atoms with E-state index in [1.54, 1.807) is 22.9 Å². The highest BCUT2D eigenvalue weighted by Crippen LogP contribution is 2.28. The van der Waals surface area contributed by atoms with Crippen molar-refractivity contribution in [1.29, 1.82) is 0 Å². The van der Waals surface area contributed by atoms with Crippen LogP contribution in [0.2, 0.25) is 0 Å². The zero-order valence-electron chi connectivity index (χ0n) is 10.6. The third kappa shape index (κ3) is 2.78. The number of carboxylic acid groups (broad SMARTS) is 1. The van der Waals surface area contributed by atoms with Crippen LogP contribution in [0.15, 0.2) is 28.9 Å². The Kier molecular flexibility index (Phi) is 3.90. The Labute approximate surface area is 119 Å². The molecule has 6 heteroatoms. The van der Waals surface area contributed by atoms with Gasteiger partial charge in [-0.1, -0.05) is 13.0 Å². The molecule has 0 unspecified atom stereocenters. The zero-order valence-corrected chi connectivity index (χ0v) is 12.2. The Morgan fingerprint density at radius 3 is 2.84 bits per heavy atom. The predicted octanol–water partition coefficient (Wildman–Crippen LogP) is 3.19. The van der Waals surface area contributed by atoms with Gasteiger partial charge < -0.3 is 10.4 Å². The predicted molar refractivity (Wildman–Crippen MR) is 77.0 cm³/mol. The molecule has 0 saturated carbocycles. The number of carboxylic acids is 1. The first-order valence-corrected chi connectivity index (χ1v) is 6.63. The maximum Gasteiger partial charge on any atom is 0.338 e. The molecule has 1 aromatic heterocycles. The molecule has 0 saturated heterocycles. The first-order valence-electron chi connectivity index (χ1n) is 5.84. The molecule has 2 N–H and O–H groups in total. The molecule has 1 aromatic carbocycles. The van der Waals surface area contributed by atoms with Crippen molar-refractivity contribution in [3.8, 4) is 0 Å². The first-order chi connectivity index (χ1) is 9.02. The third-order valence-electron chi connectivity index (χ3n) is 2.74. The topological polar surface area (TPSA) is 67.2 Å². The van der Waals surface area contributed by atoms with Gasteiger partial charge in [0.25, 0.3) is 0 Å². The summed E-state index contributed by atoms with van der Waals surface area (Å²) in [4.78, 5) is 11.3. The van der Waals surface area contributed by atoms with Crippen molar-refractivity contribution >= 4 is 33.3 Å². The monoisotopic (exact) mass is 323 g/mol. The van der Waals surface area contributed by atoms with Gasteiger partial charge in [0, 0.05) is 17.7 Å². The first kappa shape index (κ1) is 13.6. The quantitative estimate of drug-likeness (QED) is 0.906. The Bertz CT molecular complexity index is 622. The minimum Gasteiger partial charge on any atom is -0.478 e. The van der Waals surface area contributed by atoms with Crippen molar-refractivity contribution in [1.82, 2.24) is 9.78 Å². The van der Waals surface area contributed by atoms with Crippen molar-refractivity contribution in [2.75, 3.05) is 5.32 Å². The van der Waals surface area contributed by atoms with Crippen LogP contribution in [0.3, 0.4) is 0 Å². The minimum absolute atomic E-state index is 0.216. The van der Waals surface area contributed by atoms with Gasteiger partial charge in [-0.25, -0.2) is 4.79 Å². The highest BCUT2D eigenvalue weighted by Gasteiger charge is 2.15. The second-order valence-corrected chi connectivity index (χ2v) is 4.96. The minimum atomic E-state index is -0.975. The molecule has 1 heterocycles. The number of halogens is 1. The lowest BCUT2D eigenvalue weighted by Crippen LogP contribution is -2.04. The number of rotatable bonds is 4. The number of aryl methyl sites for hydroxylation is 2. The molecule has 0 aliphatic rings. The van der Waals surface area contributed by atoms with Gasteiger partial charge in [-0.2, -0.15) is 5.10 Å². The van der Waals surface area contributed by atoms with Gasteiger partial charge in [0.05, 0.1) is 22.6 Å². The average Bonchev–Trinajstić information content (AvgIpc) is 2.69. The van der Waals surface area contributed by atoms with Crippen LogP contribution >= 0.6 is 15.9 Å². The van der Waals surface area contributed by atoms with Gasteiger partial charge in [0.15, 0.2) is 0 Å². The van der Waals surface area contributed by atoms with Gasteiger partial charge in [-0.15, -0.1) is 0 Å². The van der Waals surface area contributed by atoms with E-state index in [4.69, 9.17) is 0 Å². The number of anilines is 2. The molecule has 100 valence electrons. The van der Waals surface area contributed by atoms with E-state index >= 15 is 0 Å². The van der Waals surface area contributed by atoms with Crippen LogP contribution in [0.5, 0.6) is 0 Å². The largest absolute Gasteiger partial charge is 0.478 e. The molecule has 0 amide bonds. The summed E-state index contributed by atoms with van der Waals surface area (Å²) >= 11 is 3.26. The molecule has 0 aliphatic carbocycles. The van der Waals surface area contributed by atoms with E-state index < -0.39 is 5.97 Å². The maximum atomic E-state index is 11.3. The van der Waals surface area contributed by atoms with Crippen molar-refractivity contribution in [2.24, 2.45) is 7.05 Å². The number of aromatic nitrogens is 2. The molecule has 0 fully saturated rings. The zero-order chi connectivity index (χ0) is 14.0. The van der Waals surface area contributed by atoms with Gasteiger partial charge in [-0.3, -0.25) is 4.68 Å². The summed E-state index contributed by atoms with van der Waals surface area (Å²) in [5.74, 6) is -0.975. The molecule has 5 nitrogen and oxygen atoms in total. The number of aromatic carboxylic acids is 1. The van der Waals surface area contributed by atoms with Crippen LogP contribution < -0.4 is 5.32 Å². The normalized spacial score (nSPS) is 10.5. The van der Waals surface area contributed by atoms with Gasteiger partial charge >= 0.3 is 5.97 Å². The molecule has 2 aromatic rings. The fraction of sp³-hybridized carbons (Fsp3) is 0.231. The number of hydrogen-bond donors (Lipinski definition) is 2. The second-order valence-electron chi connectivity index (χ2n) is 4.11. The Morgan fingerprint density at radius 2 is 2.21 bits per heavy atom. The molecule has 2 rings (SSSR count). The van der Waals surface area contributed by atoms with Crippen molar-refractivity contribution in [2.45, 2.75) is 13.3 Å². The summed E-state index contributed by atoms with van der Waals surface area (Å²) in [5, 5.41) is 16.7. The van der Waals surface area contributed by atoms with Crippen LogP contribution in [-0.2, 0) is 13.5 Å². The number of nitrogens with zero attached hydrogens (tertiary/aromatic N) is 2. The number of benzene rings is 1. The van der Waals surface area contributed by atoms with Crippen LogP contribution in [-0.4, -0.2) is 20.9 Å². The molecular formula is C13H14BrN3O2. The van der Waals surface area contributed by atoms with Crippen molar-refractivity contribution in [3.05, 3.63) is 40.1 Å². The van der Waals surface area contributed by atoms with Crippen LogP contribution in [0.25, 0.3) is 0 Å². The van der Waals surface area contributed by atoms with E-state index in [1.807, 2.05) is 20.2 Å². The summed E-state index contributed by atoms with van der Waals surface area (Å²) in [6.07, 6.45) is 2.62. The van der Waals surface area contributed by atoms with Crippen molar-refractivity contribution in [3.63, 3.8) is 0 Å². The van der Waals surface area contributed by atoms with E-state index in [9.17, 15) is 9.90 Å². The average molecular weight is 324 g/mol. The van der Waals surface area contributed by atoms with Crippen LogP contribution in [0.4, 0.5) is 11.4 Å². The number of hydrogen-bond acceptors (Lipinski definition) is 3. The summed E-state index contributed by atoms with van der Waals surface area (Å²) in [7, 11) is 1.84. The van der Waals surface area contributed by atoms with E-state index in [0.29, 0.717) is 10.2 Å². The van der Waals surface area contributed by atoms with Crippen LogP contribution in [0.1, 0.15) is 23.0 Å². The highest BCUT2D eigenvalue weighted by atomic mass is 79.9. The molecule has 19 heavy (non-hydrogen) atoms. The summed E-state index contributed by atoms with van der Waals surface area (Å²) < 4.78 is 2.26. The molecule has 0 spiro atoms. The van der Waals surface area contributed by atoms with Gasteiger partial charge in [0.2, 0.25) is 0 Å². The SMILES string of the molecule is CCc1nn(C)cc1Nc1cccc(Br)c1C(=O)O. The third-order valence-corrected chi connectivity index (χ3v) is 3.40. The summed E-state index contributed by atoms with van der Waals surface area (Å²) in [6, 6.07) is 5.24. The van der Waals surface area contributed by atoms with E-state index in [-0.39, 0.29) is 5.56 Å². The Morgan fingerprint density at radius 1 is 1.47 bits per heavy atom. The van der Waals surface area contributed by atoms with Gasteiger partial charge in [0.1, 0.15) is 0 Å². The lowest BCUT2D eigenvalue weighted by atomic mass is 10.1. The standard InChI is InChI=1S/C13H14BrN3O2/c1-3-9-11(7-17(2)16-9)15-10-6-4-5-8(14)12(10)13(18)19/h4-7,15H,3H2,1-2H3,(H,18,19). The van der Waals surface area contributed by atoms with Crippen molar-refractivity contribution < 1.29 is 9.90 Å². The van der Waals surface area contributed by atoms with Crippen LogP contribution in [0, 0.1) is 0 Å². The molecular weight excluding hydrogens is 310 g/mol. The fourth-order valence-electron chi connectivity index (χ4n) is 1.89. The Hall–Kier alpha value is -1.82. The highest BCUT2D eigenvalue weighted by molar-refractivity contribution is 9.10. The van der Waals surface area contributed by atoms with E-state index in [2.05, 4.69) is 26.3 Å². The van der Waals surface area contributed by atoms with E-state index in [1.165, 1.54) is 0 Å². The molecule has 0 radical (unpaired) electrons. The number of nitrogens with one attached hydrogen (secondary N) is 1. The molecule has 0 atom stereocenters.